The van der Waals surface area contributed by atoms with E-state index in [4.69, 9.17) is 20.3 Å². The van der Waals surface area contributed by atoms with Crippen molar-refractivity contribution >= 4 is 34.9 Å². The highest BCUT2D eigenvalue weighted by Crippen LogP contribution is 2.28. The molecule has 1 aliphatic rings. The number of carbonyl (C=O) groups is 4. The van der Waals surface area contributed by atoms with Crippen LogP contribution in [0.15, 0.2) is 30.3 Å². The molecule has 1 aromatic rings. The number of carbonyl (C=O) groups excluding carboxylic acids is 4. The Morgan fingerprint density at radius 2 is 1.72 bits per heavy atom. The molecule has 0 radical (unpaired) electrons. The Bertz CT molecular complexity index is 1150. The number of likely N-dealkylation sites (N-methyl/N-ethyl adjacent to an activating group) is 1. The van der Waals surface area contributed by atoms with Gasteiger partial charge in [0.25, 0.3) is 0 Å². The molecule has 1 fully saturated rings. The molecule has 14 heteroatoms. The smallest absolute Gasteiger partial charge is 0.242 e. The predicted octanol–water partition coefficient (Wildman–Crippen LogP) is 3.27. The first-order chi connectivity index (χ1) is 25.1. The fourth-order valence-corrected chi connectivity index (χ4v) is 6.44. The zero-order valence-corrected chi connectivity index (χ0v) is 35.3. The summed E-state index contributed by atoms with van der Waals surface area (Å²) in [4.78, 5) is 51.7. The lowest BCUT2D eigenvalue weighted by atomic mass is 9.90. The van der Waals surface area contributed by atoms with Gasteiger partial charge in [-0.25, -0.2) is 0 Å². The van der Waals surface area contributed by atoms with Crippen LogP contribution in [0.4, 0.5) is 0 Å². The van der Waals surface area contributed by atoms with Crippen molar-refractivity contribution in [3.8, 4) is 0 Å². The number of likely N-dealkylation sites (tertiary alicyclic amines) is 1. The van der Waals surface area contributed by atoms with Crippen molar-refractivity contribution in [2.45, 2.75) is 117 Å². The quantitative estimate of drug-likeness (QED) is 0.121. The summed E-state index contributed by atoms with van der Waals surface area (Å²) >= 11 is 0. The van der Waals surface area contributed by atoms with E-state index in [0.29, 0.717) is 25.3 Å². The van der Waals surface area contributed by atoms with Gasteiger partial charge in [0.15, 0.2) is 0 Å². The molecule has 0 saturated carbocycles. The van der Waals surface area contributed by atoms with E-state index in [1.165, 1.54) is 12.0 Å². The summed E-state index contributed by atoms with van der Waals surface area (Å²) in [6.45, 7) is 15.4. The van der Waals surface area contributed by atoms with Crippen molar-refractivity contribution in [1.29, 1.82) is 0 Å². The molecule has 0 bridgehead atoms. The minimum Gasteiger partial charge on any atom is -0.395 e. The molecule has 0 aromatic heterocycles. The van der Waals surface area contributed by atoms with Crippen molar-refractivity contribution in [1.82, 2.24) is 20.4 Å². The number of nitrogens with two attached hydrogens (primary N) is 1. The average molecular weight is 772 g/mol. The molecule has 1 heterocycles. The molecule has 1 saturated heterocycles. The standard InChI is InChI=1S/C26H50N4O6S.C7H8.C3H7NO2.C3H8/c1-9-18(4)24(29(5)23(32)16-28-26(33)19(27)12-14-37(8)34)21(35-6)15-22(31)30-13-10-11-20(30)25(36-7)17(2)3;1-7-5-3-2-4-6-7;5-2-1-4-3-6;1-3-2/h17-21,24-25H,9-16,27H2,1-8H3,(H,28,33);2-6H,1H3;3,5H,1-2H2,(H,4,6);3H2,1-2H3. The van der Waals surface area contributed by atoms with Crippen LogP contribution < -0.4 is 16.4 Å². The highest BCUT2D eigenvalue weighted by molar-refractivity contribution is 7.84. The van der Waals surface area contributed by atoms with Crippen LogP contribution in [0, 0.1) is 18.8 Å². The van der Waals surface area contributed by atoms with Crippen molar-refractivity contribution < 1.29 is 38.0 Å². The lowest BCUT2D eigenvalue weighted by Crippen LogP contribution is -2.54. The summed E-state index contributed by atoms with van der Waals surface area (Å²) in [5.74, 6) is -0.0887. The van der Waals surface area contributed by atoms with E-state index in [9.17, 15) is 23.4 Å². The van der Waals surface area contributed by atoms with Crippen LogP contribution in [0.3, 0.4) is 0 Å². The first-order valence-corrected chi connectivity index (χ1v) is 20.6. The largest absolute Gasteiger partial charge is 0.395 e. The number of aliphatic hydroxyl groups is 1. The van der Waals surface area contributed by atoms with E-state index in [1.54, 1.807) is 32.4 Å². The lowest BCUT2D eigenvalue weighted by Gasteiger charge is -2.39. The summed E-state index contributed by atoms with van der Waals surface area (Å²) in [7, 11) is 3.90. The topological polar surface area (TPSA) is 181 Å². The Morgan fingerprint density at radius 1 is 1.11 bits per heavy atom. The number of aliphatic hydroxyl groups excluding tert-OH is 1. The summed E-state index contributed by atoms with van der Waals surface area (Å²) in [6, 6.07) is 9.11. The Labute approximate surface area is 322 Å². The number of benzene rings is 1. The maximum atomic E-state index is 13.5. The highest BCUT2D eigenvalue weighted by Gasteiger charge is 2.39. The predicted molar refractivity (Wildman–Crippen MR) is 215 cm³/mol. The number of aryl methyl sites for hydroxylation is 1. The number of ether oxygens (including phenoxy) is 2. The molecule has 1 aliphatic heterocycles. The summed E-state index contributed by atoms with van der Waals surface area (Å²) < 4.78 is 22.8. The Kier molecular flexibility index (Phi) is 31.0. The van der Waals surface area contributed by atoms with Crippen LogP contribution in [0.1, 0.15) is 85.6 Å². The van der Waals surface area contributed by atoms with Gasteiger partial charge in [0, 0.05) is 57.2 Å². The van der Waals surface area contributed by atoms with Gasteiger partial charge in [-0.1, -0.05) is 90.3 Å². The first kappa shape index (κ1) is 52.2. The van der Waals surface area contributed by atoms with Gasteiger partial charge in [-0.05, 0) is 38.0 Å². The molecule has 13 nitrogen and oxygen atoms in total. The van der Waals surface area contributed by atoms with Crippen molar-refractivity contribution in [2.75, 3.05) is 59.5 Å². The van der Waals surface area contributed by atoms with Crippen LogP contribution in [-0.4, -0.2) is 133 Å². The normalized spacial score (nSPS) is 16.8. The van der Waals surface area contributed by atoms with Crippen LogP contribution in [-0.2, 0) is 39.5 Å². The van der Waals surface area contributed by atoms with Crippen LogP contribution in [0.25, 0.3) is 0 Å². The molecule has 308 valence electrons. The second-order valence-electron chi connectivity index (χ2n) is 13.6. The molecule has 0 aliphatic carbocycles. The van der Waals surface area contributed by atoms with Crippen LogP contribution in [0.2, 0.25) is 0 Å². The Morgan fingerprint density at radius 3 is 2.13 bits per heavy atom. The van der Waals surface area contributed by atoms with E-state index in [-0.39, 0.29) is 67.8 Å². The van der Waals surface area contributed by atoms with Gasteiger partial charge in [0.2, 0.25) is 24.1 Å². The molecule has 2 rings (SSSR count). The molecule has 5 N–H and O–H groups in total. The van der Waals surface area contributed by atoms with Gasteiger partial charge in [-0.2, -0.15) is 0 Å². The van der Waals surface area contributed by atoms with E-state index < -0.39 is 28.9 Å². The third kappa shape index (κ3) is 22.2. The van der Waals surface area contributed by atoms with E-state index in [1.807, 2.05) is 36.9 Å². The van der Waals surface area contributed by atoms with E-state index in [0.717, 1.165) is 19.3 Å². The van der Waals surface area contributed by atoms with Gasteiger partial charge >= 0.3 is 0 Å². The van der Waals surface area contributed by atoms with Gasteiger partial charge in [0.05, 0.1) is 49.9 Å². The number of nitrogens with one attached hydrogen (secondary N) is 2. The first-order valence-electron chi connectivity index (χ1n) is 18.8. The van der Waals surface area contributed by atoms with Gasteiger partial charge in [-0.15, -0.1) is 0 Å². The summed E-state index contributed by atoms with van der Waals surface area (Å²) in [5.41, 5.74) is 7.18. The number of amides is 4. The molecule has 1 aromatic carbocycles. The third-order valence-corrected chi connectivity index (χ3v) is 9.61. The molecule has 7 unspecified atom stereocenters. The van der Waals surface area contributed by atoms with Crippen molar-refractivity contribution in [3.63, 3.8) is 0 Å². The monoisotopic (exact) mass is 772 g/mol. The number of rotatable bonds is 19. The number of hydrogen-bond donors (Lipinski definition) is 4. The number of nitrogens with zero attached hydrogens (tertiary/aromatic N) is 2. The third-order valence-electron chi connectivity index (χ3n) is 8.80. The molecular formula is C39H73N5O8S. The van der Waals surface area contributed by atoms with Gasteiger partial charge in [-0.3, -0.25) is 23.4 Å². The second-order valence-corrected chi connectivity index (χ2v) is 15.2. The number of hydrogen-bond acceptors (Lipinski definition) is 9. The minimum atomic E-state index is -1.04. The minimum absolute atomic E-state index is 0.00112. The highest BCUT2D eigenvalue weighted by atomic mass is 32.2. The zero-order valence-electron chi connectivity index (χ0n) is 34.5. The molecule has 7 atom stereocenters. The molecule has 4 amide bonds. The summed E-state index contributed by atoms with van der Waals surface area (Å²) in [5, 5.41) is 12.8. The van der Waals surface area contributed by atoms with Crippen molar-refractivity contribution in [2.24, 2.45) is 17.6 Å². The SMILES string of the molecule is CCC.CCC(C)C(C(CC(=O)N1CCCC1C(OC)C(C)C)OC)N(C)C(=O)CNC(=O)C(N)CCS(C)=O.Cc1ccccc1.O=CNCCO. The lowest BCUT2D eigenvalue weighted by molar-refractivity contribution is -0.144. The van der Waals surface area contributed by atoms with Crippen LogP contribution >= 0.6 is 0 Å². The maximum absolute atomic E-state index is 13.5. The zero-order chi connectivity index (χ0) is 40.9. The fraction of sp³-hybridized carbons (Fsp3) is 0.744. The molecular weight excluding hydrogens is 699 g/mol. The molecule has 53 heavy (non-hydrogen) atoms. The Hall–Kier alpha value is -2.91. The molecule has 0 spiro atoms. The fourth-order valence-electron chi connectivity index (χ4n) is 5.86. The van der Waals surface area contributed by atoms with E-state index in [2.05, 4.69) is 57.4 Å². The average Bonchev–Trinajstić information content (AvgIpc) is 3.62. The maximum Gasteiger partial charge on any atom is 0.242 e. The number of methoxy groups -OCH3 is 2. The second kappa shape index (κ2) is 31.4. The van der Waals surface area contributed by atoms with Crippen LogP contribution in [0.5, 0.6) is 0 Å². The van der Waals surface area contributed by atoms with Crippen molar-refractivity contribution in [3.05, 3.63) is 35.9 Å². The van der Waals surface area contributed by atoms with E-state index >= 15 is 0 Å². The Balaban J connectivity index is 0. The van der Waals surface area contributed by atoms with Gasteiger partial charge < -0.3 is 40.7 Å². The summed E-state index contributed by atoms with van der Waals surface area (Å²) in [6.07, 6.45) is 5.88. The van der Waals surface area contributed by atoms with Gasteiger partial charge in [0.1, 0.15) is 0 Å².